The summed E-state index contributed by atoms with van der Waals surface area (Å²) in [6.45, 7) is 2.87. The molecule has 2 rings (SSSR count). The molecule has 4 heteroatoms. The molecule has 4 nitrogen and oxygen atoms in total. The third-order valence-corrected chi connectivity index (χ3v) is 4.44. The average molecular weight is 253 g/mol. The monoisotopic (exact) mass is 253 g/mol. The highest BCUT2D eigenvalue weighted by Gasteiger charge is 2.39. The van der Waals surface area contributed by atoms with Crippen LogP contribution >= 0.6 is 0 Å². The van der Waals surface area contributed by atoms with Gasteiger partial charge in [-0.2, -0.15) is 0 Å². The van der Waals surface area contributed by atoms with Crippen molar-refractivity contribution in [3.05, 3.63) is 0 Å². The maximum Gasteiger partial charge on any atom is 0.328 e. The molecule has 1 amide bonds. The first-order valence-electron chi connectivity index (χ1n) is 7.03. The SMILES string of the molecule is COC(=O)[C@@H]1CCCN1C(=O)[C@H]1CCCC[C@@H]1C. The van der Waals surface area contributed by atoms with Crippen LogP contribution in [-0.2, 0) is 14.3 Å². The predicted octanol–water partition coefficient (Wildman–Crippen LogP) is 1.98. The molecule has 102 valence electrons. The van der Waals surface area contributed by atoms with Crippen molar-refractivity contribution >= 4 is 11.9 Å². The number of carbonyl (C=O) groups is 2. The molecule has 1 heterocycles. The van der Waals surface area contributed by atoms with Crippen LogP contribution in [0.25, 0.3) is 0 Å². The Kier molecular flexibility index (Phi) is 4.25. The fourth-order valence-electron chi connectivity index (χ4n) is 3.31. The quantitative estimate of drug-likeness (QED) is 0.707. The summed E-state index contributed by atoms with van der Waals surface area (Å²) >= 11 is 0. The maximum absolute atomic E-state index is 12.6. The largest absolute Gasteiger partial charge is 0.467 e. The number of methoxy groups -OCH3 is 1. The molecule has 0 N–H and O–H groups in total. The average Bonchev–Trinajstić information content (AvgIpc) is 2.86. The van der Waals surface area contributed by atoms with Gasteiger partial charge in [-0.3, -0.25) is 4.79 Å². The van der Waals surface area contributed by atoms with Gasteiger partial charge in [0.25, 0.3) is 0 Å². The van der Waals surface area contributed by atoms with E-state index in [4.69, 9.17) is 4.74 Å². The lowest BCUT2D eigenvalue weighted by molar-refractivity contribution is -0.153. The first-order valence-corrected chi connectivity index (χ1v) is 7.03. The molecule has 0 aromatic heterocycles. The summed E-state index contributed by atoms with van der Waals surface area (Å²) in [5.74, 6) is 0.480. The van der Waals surface area contributed by atoms with E-state index in [2.05, 4.69) is 6.92 Å². The minimum atomic E-state index is -0.336. The van der Waals surface area contributed by atoms with Crippen molar-refractivity contribution in [1.29, 1.82) is 0 Å². The molecule has 2 aliphatic rings. The van der Waals surface area contributed by atoms with E-state index >= 15 is 0 Å². The third kappa shape index (κ3) is 2.52. The summed E-state index contributed by atoms with van der Waals surface area (Å²) in [6, 6.07) is -0.336. The number of likely N-dealkylation sites (tertiary alicyclic amines) is 1. The maximum atomic E-state index is 12.6. The summed E-state index contributed by atoms with van der Waals surface area (Å²) < 4.78 is 4.80. The highest BCUT2D eigenvalue weighted by Crippen LogP contribution is 2.33. The third-order valence-electron chi connectivity index (χ3n) is 4.44. The second kappa shape index (κ2) is 5.72. The van der Waals surface area contributed by atoms with Gasteiger partial charge in [-0.15, -0.1) is 0 Å². The number of rotatable bonds is 2. The van der Waals surface area contributed by atoms with Crippen LogP contribution in [0.2, 0.25) is 0 Å². The van der Waals surface area contributed by atoms with Gasteiger partial charge in [0.05, 0.1) is 7.11 Å². The van der Waals surface area contributed by atoms with Crippen LogP contribution in [0.4, 0.5) is 0 Å². The number of ether oxygens (including phenoxy) is 1. The predicted molar refractivity (Wildman–Crippen MR) is 67.9 cm³/mol. The molecule has 0 radical (unpaired) electrons. The number of hydrogen-bond donors (Lipinski definition) is 0. The van der Waals surface area contributed by atoms with Gasteiger partial charge < -0.3 is 9.64 Å². The lowest BCUT2D eigenvalue weighted by atomic mass is 9.79. The van der Waals surface area contributed by atoms with E-state index in [1.165, 1.54) is 13.5 Å². The molecular formula is C14H23NO3. The minimum absolute atomic E-state index is 0.115. The first kappa shape index (κ1) is 13.4. The van der Waals surface area contributed by atoms with Crippen molar-refractivity contribution in [2.75, 3.05) is 13.7 Å². The minimum Gasteiger partial charge on any atom is -0.467 e. The topological polar surface area (TPSA) is 46.6 Å². The van der Waals surface area contributed by atoms with Crippen molar-refractivity contribution in [2.24, 2.45) is 11.8 Å². The summed E-state index contributed by atoms with van der Waals surface area (Å²) in [7, 11) is 1.40. The second-order valence-electron chi connectivity index (χ2n) is 5.58. The van der Waals surface area contributed by atoms with Gasteiger partial charge in [0.15, 0.2) is 0 Å². The second-order valence-corrected chi connectivity index (χ2v) is 5.58. The molecule has 3 atom stereocenters. The fourth-order valence-corrected chi connectivity index (χ4v) is 3.31. The van der Waals surface area contributed by atoms with Crippen LogP contribution in [-0.4, -0.2) is 36.5 Å². The lowest BCUT2D eigenvalue weighted by Crippen LogP contribution is -2.45. The van der Waals surface area contributed by atoms with Gasteiger partial charge in [-0.1, -0.05) is 19.8 Å². The van der Waals surface area contributed by atoms with E-state index in [1.807, 2.05) is 0 Å². The van der Waals surface area contributed by atoms with Crippen LogP contribution < -0.4 is 0 Å². The zero-order chi connectivity index (χ0) is 13.1. The molecule has 0 aromatic carbocycles. The Hall–Kier alpha value is -1.06. The van der Waals surface area contributed by atoms with Gasteiger partial charge >= 0.3 is 5.97 Å². The van der Waals surface area contributed by atoms with E-state index in [1.54, 1.807) is 4.90 Å². The molecule has 0 unspecified atom stereocenters. The molecule has 1 saturated carbocycles. The van der Waals surface area contributed by atoms with Crippen LogP contribution in [0.5, 0.6) is 0 Å². The Morgan fingerprint density at radius 3 is 2.50 bits per heavy atom. The number of nitrogens with zero attached hydrogens (tertiary/aromatic N) is 1. The Labute approximate surface area is 109 Å². The van der Waals surface area contributed by atoms with Gasteiger partial charge in [-0.25, -0.2) is 4.79 Å². The fraction of sp³-hybridized carbons (Fsp3) is 0.857. The van der Waals surface area contributed by atoms with Crippen molar-refractivity contribution in [3.8, 4) is 0 Å². The van der Waals surface area contributed by atoms with E-state index in [0.29, 0.717) is 12.5 Å². The summed E-state index contributed by atoms with van der Waals surface area (Å²) in [6.07, 6.45) is 6.13. The number of hydrogen-bond acceptors (Lipinski definition) is 3. The number of carbonyl (C=O) groups excluding carboxylic acids is 2. The summed E-state index contributed by atoms with van der Waals surface area (Å²) in [4.78, 5) is 26.0. The number of esters is 1. The van der Waals surface area contributed by atoms with Gasteiger partial charge in [0.1, 0.15) is 6.04 Å². The van der Waals surface area contributed by atoms with Crippen LogP contribution in [0.3, 0.4) is 0 Å². The van der Waals surface area contributed by atoms with E-state index in [9.17, 15) is 9.59 Å². The van der Waals surface area contributed by atoms with Gasteiger partial charge in [0, 0.05) is 12.5 Å². The number of amides is 1. The zero-order valence-corrected chi connectivity index (χ0v) is 11.4. The Balaban J connectivity index is 2.05. The molecule has 2 fully saturated rings. The Bertz CT molecular complexity index is 329. The molecule has 0 spiro atoms. The van der Waals surface area contributed by atoms with E-state index in [0.717, 1.165) is 32.1 Å². The standard InChI is InChI=1S/C14H23NO3/c1-10-6-3-4-7-11(10)13(16)15-9-5-8-12(15)14(17)18-2/h10-12H,3-9H2,1-2H3/t10-,11-,12-/m0/s1. The summed E-state index contributed by atoms with van der Waals surface area (Å²) in [5.41, 5.74) is 0. The van der Waals surface area contributed by atoms with Crippen molar-refractivity contribution in [1.82, 2.24) is 4.90 Å². The molecule has 1 aliphatic carbocycles. The van der Waals surface area contributed by atoms with Crippen LogP contribution in [0.1, 0.15) is 45.4 Å². The molecule has 1 aliphatic heterocycles. The summed E-state index contributed by atoms with van der Waals surface area (Å²) in [5, 5.41) is 0. The highest BCUT2D eigenvalue weighted by molar-refractivity contribution is 5.86. The molecule has 18 heavy (non-hydrogen) atoms. The molecule has 0 bridgehead atoms. The van der Waals surface area contributed by atoms with E-state index < -0.39 is 0 Å². The van der Waals surface area contributed by atoms with Gasteiger partial charge in [-0.05, 0) is 31.6 Å². The van der Waals surface area contributed by atoms with Crippen molar-refractivity contribution in [2.45, 2.75) is 51.5 Å². The van der Waals surface area contributed by atoms with Gasteiger partial charge in [0.2, 0.25) is 5.91 Å². The van der Waals surface area contributed by atoms with Crippen LogP contribution in [0.15, 0.2) is 0 Å². The molecule has 1 saturated heterocycles. The van der Waals surface area contributed by atoms with Crippen LogP contribution in [0, 0.1) is 11.8 Å². The molecule has 0 aromatic rings. The van der Waals surface area contributed by atoms with E-state index in [-0.39, 0.29) is 23.8 Å². The first-order chi connectivity index (χ1) is 8.65. The normalized spacial score (nSPS) is 32.3. The Morgan fingerprint density at radius 1 is 1.11 bits per heavy atom. The molecular weight excluding hydrogens is 230 g/mol. The van der Waals surface area contributed by atoms with Crippen molar-refractivity contribution < 1.29 is 14.3 Å². The lowest BCUT2D eigenvalue weighted by Gasteiger charge is -2.33. The Morgan fingerprint density at radius 2 is 1.83 bits per heavy atom. The smallest absolute Gasteiger partial charge is 0.328 e. The van der Waals surface area contributed by atoms with Crippen molar-refractivity contribution in [3.63, 3.8) is 0 Å². The zero-order valence-electron chi connectivity index (χ0n) is 11.4. The highest BCUT2D eigenvalue weighted by atomic mass is 16.5.